The molecule has 0 spiro atoms. The quantitative estimate of drug-likeness (QED) is 0.727. The number of fused-ring (bicyclic) bond motifs is 1. The number of aromatic nitrogens is 3. The van der Waals surface area contributed by atoms with Gasteiger partial charge in [-0.2, -0.15) is 0 Å². The van der Waals surface area contributed by atoms with E-state index < -0.39 is 0 Å². The summed E-state index contributed by atoms with van der Waals surface area (Å²) in [4.78, 5) is 24.6. The number of benzene rings is 2. The van der Waals surface area contributed by atoms with Crippen LogP contribution < -0.4 is 15.6 Å². The zero-order valence-electron chi connectivity index (χ0n) is 14.7. The number of nitrogens with one attached hydrogen (secondary N) is 1. The van der Waals surface area contributed by atoms with Crippen LogP contribution in [0.15, 0.2) is 53.3 Å². The van der Waals surface area contributed by atoms with Crippen LogP contribution in [-0.4, -0.2) is 34.1 Å². The number of rotatable bonds is 6. The highest BCUT2D eigenvalue weighted by Gasteiger charge is 2.12. The molecular formula is C19H20N4O3. The van der Waals surface area contributed by atoms with Gasteiger partial charge in [0.15, 0.2) is 0 Å². The lowest BCUT2D eigenvalue weighted by molar-refractivity contribution is -0.122. The Kier molecular flexibility index (Phi) is 5.26. The second kappa shape index (κ2) is 7.77. The normalized spacial score (nSPS) is 11.9. The number of hydrogen-bond donors (Lipinski definition) is 1. The number of carbonyl (C=O) groups excluding carboxylic acids is 1. The van der Waals surface area contributed by atoms with Crippen molar-refractivity contribution in [2.75, 3.05) is 7.11 Å². The highest BCUT2D eigenvalue weighted by atomic mass is 16.5. The van der Waals surface area contributed by atoms with Crippen molar-refractivity contribution in [2.24, 2.45) is 0 Å². The van der Waals surface area contributed by atoms with Crippen molar-refractivity contribution in [1.82, 2.24) is 20.3 Å². The Morgan fingerprint density at radius 3 is 2.65 bits per heavy atom. The van der Waals surface area contributed by atoms with Gasteiger partial charge in [0.05, 0.1) is 12.5 Å². The smallest absolute Gasteiger partial charge is 0.278 e. The lowest BCUT2D eigenvalue weighted by Crippen LogP contribution is -2.39. The number of ether oxygens (including phenoxy) is 1. The van der Waals surface area contributed by atoms with E-state index in [1.165, 1.54) is 0 Å². The lowest BCUT2D eigenvalue weighted by Gasteiger charge is -2.14. The fraction of sp³-hybridized carbons (Fsp3) is 0.263. The minimum Gasteiger partial charge on any atom is -0.497 e. The maximum atomic E-state index is 12.4. The largest absolute Gasteiger partial charge is 0.497 e. The van der Waals surface area contributed by atoms with E-state index >= 15 is 0 Å². The van der Waals surface area contributed by atoms with Crippen molar-refractivity contribution in [3.8, 4) is 5.75 Å². The maximum Gasteiger partial charge on any atom is 0.278 e. The van der Waals surface area contributed by atoms with Gasteiger partial charge in [-0.05, 0) is 43.2 Å². The molecule has 3 rings (SSSR count). The number of methoxy groups -OCH3 is 1. The van der Waals surface area contributed by atoms with Gasteiger partial charge < -0.3 is 10.1 Å². The van der Waals surface area contributed by atoms with E-state index in [1.54, 1.807) is 31.4 Å². The predicted molar refractivity (Wildman–Crippen MR) is 98.1 cm³/mol. The molecule has 1 N–H and O–H groups in total. The summed E-state index contributed by atoms with van der Waals surface area (Å²) in [6, 6.07) is 14.5. The molecule has 7 nitrogen and oxygen atoms in total. The molecule has 1 aromatic heterocycles. The molecule has 26 heavy (non-hydrogen) atoms. The molecule has 0 fully saturated rings. The van der Waals surface area contributed by atoms with Crippen LogP contribution in [0.25, 0.3) is 10.9 Å². The molecule has 1 amide bonds. The van der Waals surface area contributed by atoms with E-state index in [4.69, 9.17) is 4.74 Å². The van der Waals surface area contributed by atoms with Gasteiger partial charge in [-0.15, -0.1) is 5.10 Å². The molecule has 0 aliphatic heterocycles. The van der Waals surface area contributed by atoms with Crippen LogP contribution in [-0.2, 0) is 17.8 Å². The monoisotopic (exact) mass is 352 g/mol. The molecule has 0 bridgehead atoms. The van der Waals surface area contributed by atoms with Crippen molar-refractivity contribution in [2.45, 2.75) is 25.9 Å². The molecule has 2 aromatic carbocycles. The van der Waals surface area contributed by atoms with E-state index in [2.05, 4.69) is 15.6 Å². The summed E-state index contributed by atoms with van der Waals surface area (Å²) in [5.41, 5.74) is 1.27. The molecule has 3 aromatic rings. The van der Waals surface area contributed by atoms with Crippen LogP contribution in [0.2, 0.25) is 0 Å². The van der Waals surface area contributed by atoms with Crippen LogP contribution >= 0.6 is 0 Å². The Bertz CT molecular complexity index is 966. The third-order valence-corrected chi connectivity index (χ3v) is 4.03. The van der Waals surface area contributed by atoms with Gasteiger partial charge in [-0.25, -0.2) is 4.68 Å². The minimum atomic E-state index is -0.325. The molecule has 0 aliphatic carbocycles. The standard InChI is InChI=1S/C19H20N4O3/c1-13(11-14-7-9-15(26-2)10-8-14)20-18(24)12-23-19(25)16-5-3-4-6-17(16)21-22-23/h3-10,13H,11-12H2,1-2H3,(H,20,24). The summed E-state index contributed by atoms with van der Waals surface area (Å²) in [6.45, 7) is 1.75. The molecule has 1 unspecified atom stereocenters. The summed E-state index contributed by atoms with van der Waals surface area (Å²) >= 11 is 0. The zero-order chi connectivity index (χ0) is 18.5. The second-order valence-electron chi connectivity index (χ2n) is 6.09. The Balaban J connectivity index is 1.63. The Morgan fingerprint density at radius 2 is 1.92 bits per heavy atom. The first-order chi connectivity index (χ1) is 12.6. The van der Waals surface area contributed by atoms with Crippen molar-refractivity contribution >= 4 is 16.8 Å². The number of amides is 1. The fourth-order valence-electron chi connectivity index (χ4n) is 2.75. The van der Waals surface area contributed by atoms with Crippen LogP contribution in [0.3, 0.4) is 0 Å². The highest BCUT2D eigenvalue weighted by molar-refractivity contribution is 5.78. The van der Waals surface area contributed by atoms with Gasteiger partial charge in [0.2, 0.25) is 5.91 Å². The highest BCUT2D eigenvalue weighted by Crippen LogP contribution is 2.12. The first-order valence-corrected chi connectivity index (χ1v) is 8.31. The first-order valence-electron chi connectivity index (χ1n) is 8.31. The van der Waals surface area contributed by atoms with E-state index in [0.717, 1.165) is 16.0 Å². The van der Waals surface area contributed by atoms with Crippen molar-refractivity contribution in [3.63, 3.8) is 0 Å². The molecule has 7 heteroatoms. The lowest BCUT2D eigenvalue weighted by atomic mass is 10.1. The summed E-state index contributed by atoms with van der Waals surface area (Å²) in [5.74, 6) is 0.511. The summed E-state index contributed by atoms with van der Waals surface area (Å²) < 4.78 is 6.21. The van der Waals surface area contributed by atoms with E-state index in [-0.39, 0.29) is 24.1 Å². The fourth-order valence-corrected chi connectivity index (χ4v) is 2.75. The van der Waals surface area contributed by atoms with Gasteiger partial charge in [-0.1, -0.05) is 29.5 Å². The van der Waals surface area contributed by atoms with Crippen LogP contribution in [0.5, 0.6) is 5.75 Å². The Hall–Kier alpha value is -3.22. The SMILES string of the molecule is COc1ccc(CC(C)NC(=O)Cn2nnc3ccccc3c2=O)cc1. The molecule has 1 heterocycles. The van der Waals surface area contributed by atoms with Crippen LogP contribution in [0, 0.1) is 0 Å². The maximum absolute atomic E-state index is 12.4. The number of nitrogens with zero attached hydrogens (tertiary/aromatic N) is 3. The molecule has 0 saturated heterocycles. The summed E-state index contributed by atoms with van der Waals surface area (Å²) in [5, 5.41) is 11.1. The Morgan fingerprint density at radius 1 is 1.19 bits per heavy atom. The summed E-state index contributed by atoms with van der Waals surface area (Å²) in [6.07, 6.45) is 0.675. The molecule has 0 radical (unpaired) electrons. The van der Waals surface area contributed by atoms with Crippen molar-refractivity contribution in [3.05, 3.63) is 64.4 Å². The average Bonchev–Trinajstić information content (AvgIpc) is 2.65. The topological polar surface area (TPSA) is 86.1 Å². The summed E-state index contributed by atoms with van der Waals surface area (Å²) in [7, 11) is 1.62. The Labute approximate surface area is 150 Å². The van der Waals surface area contributed by atoms with Gasteiger partial charge in [0.1, 0.15) is 17.8 Å². The molecule has 0 saturated carbocycles. The third kappa shape index (κ3) is 4.05. The average molecular weight is 352 g/mol. The van der Waals surface area contributed by atoms with Gasteiger partial charge in [0, 0.05) is 6.04 Å². The van der Waals surface area contributed by atoms with Gasteiger partial charge in [-0.3, -0.25) is 9.59 Å². The van der Waals surface area contributed by atoms with Gasteiger partial charge >= 0.3 is 0 Å². The van der Waals surface area contributed by atoms with Crippen LogP contribution in [0.4, 0.5) is 0 Å². The van der Waals surface area contributed by atoms with E-state index in [9.17, 15) is 9.59 Å². The number of hydrogen-bond acceptors (Lipinski definition) is 5. The minimum absolute atomic E-state index is 0.0833. The first kappa shape index (κ1) is 17.6. The third-order valence-electron chi connectivity index (χ3n) is 4.03. The number of carbonyl (C=O) groups is 1. The molecule has 134 valence electrons. The van der Waals surface area contributed by atoms with Crippen LogP contribution in [0.1, 0.15) is 12.5 Å². The molecule has 0 aliphatic rings. The zero-order valence-corrected chi connectivity index (χ0v) is 14.7. The van der Waals surface area contributed by atoms with Crippen molar-refractivity contribution in [1.29, 1.82) is 0 Å². The predicted octanol–water partition coefficient (Wildman–Crippen LogP) is 1.55. The molecule has 1 atom stereocenters. The van der Waals surface area contributed by atoms with Crippen molar-refractivity contribution < 1.29 is 9.53 Å². The molecular weight excluding hydrogens is 332 g/mol. The van der Waals surface area contributed by atoms with E-state index in [0.29, 0.717) is 17.3 Å². The second-order valence-corrected chi connectivity index (χ2v) is 6.09. The van der Waals surface area contributed by atoms with E-state index in [1.807, 2.05) is 31.2 Å². The van der Waals surface area contributed by atoms with Gasteiger partial charge in [0.25, 0.3) is 5.56 Å².